The van der Waals surface area contributed by atoms with Crippen LogP contribution in [0.2, 0.25) is 0 Å². The van der Waals surface area contributed by atoms with Crippen molar-refractivity contribution in [3.05, 3.63) is 88.5 Å². The number of ether oxygens (including phenoxy) is 1. The Morgan fingerprint density at radius 3 is 2.32 bits per heavy atom. The molecule has 4 heteroatoms. The quantitative estimate of drug-likeness (QED) is 0.408. The average molecular weight is 421 g/mol. The second kappa shape index (κ2) is 11.1. The highest BCUT2D eigenvalue weighted by Gasteiger charge is 2.11. The van der Waals surface area contributed by atoms with Crippen LogP contribution in [0.5, 0.6) is 5.75 Å². The van der Waals surface area contributed by atoms with Crippen LogP contribution in [0, 0.1) is 6.92 Å². The van der Waals surface area contributed by atoms with Crippen molar-refractivity contribution in [2.24, 2.45) is 0 Å². The molecule has 3 aromatic rings. The van der Waals surface area contributed by atoms with Gasteiger partial charge in [0.2, 0.25) is 0 Å². The Morgan fingerprint density at radius 2 is 1.65 bits per heavy atom. The Kier molecular flexibility index (Phi) is 8.24. The first-order chi connectivity index (χ1) is 15.1. The van der Waals surface area contributed by atoms with Gasteiger partial charge in [0.15, 0.2) is 0 Å². The van der Waals surface area contributed by atoms with Gasteiger partial charge in [0.1, 0.15) is 12.4 Å². The van der Waals surface area contributed by atoms with E-state index in [2.05, 4.69) is 25.1 Å². The van der Waals surface area contributed by atoms with Crippen molar-refractivity contribution in [2.45, 2.75) is 59.0 Å². The van der Waals surface area contributed by atoms with Gasteiger partial charge >= 0.3 is 0 Å². The van der Waals surface area contributed by atoms with Gasteiger partial charge in [0, 0.05) is 0 Å². The summed E-state index contributed by atoms with van der Waals surface area (Å²) in [5, 5.41) is 29.2. The summed E-state index contributed by atoms with van der Waals surface area (Å²) in [6.45, 7) is 4.35. The number of hydrogen-bond donors (Lipinski definition) is 3. The van der Waals surface area contributed by atoms with E-state index < -0.39 is 6.10 Å². The zero-order valence-corrected chi connectivity index (χ0v) is 18.3. The van der Waals surface area contributed by atoms with E-state index >= 15 is 0 Å². The topological polar surface area (TPSA) is 69.9 Å². The average Bonchev–Trinajstić information content (AvgIpc) is 2.81. The van der Waals surface area contributed by atoms with Crippen LogP contribution in [0.25, 0.3) is 11.1 Å². The number of benzene rings is 3. The highest BCUT2D eigenvalue weighted by molar-refractivity contribution is 5.70. The molecule has 0 spiro atoms. The van der Waals surface area contributed by atoms with E-state index in [0.717, 1.165) is 64.0 Å². The van der Waals surface area contributed by atoms with E-state index in [1.54, 1.807) is 0 Å². The molecule has 3 aromatic carbocycles. The second-order valence-corrected chi connectivity index (χ2v) is 7.92. The first-order valence-electron chi connectivity index (χ1n) is 10.9. The van der Waals surface area contributed by atoms with Crippen LogP contribution < -0.4 is 4.74 Å². The summed E-state index contributed by atoms with van der Waals surface area (Å²) in [7, 11) is 0. The summed E-state index contributed by atoms with van der Waals surface area (Å²) in [6, 6.07) is 19.7. The van der Waals surface area contributed by atoms with Gasteiger partial charge in [0.25, 0.3) is 0 Å². The molecule has 0 fully saturated rings. The normalized spacial score (nSPS) is 12.0. The Labute approximate surface area is 184 Å². The molecule has 3 rings (SSSR count). The molecule has 4 nitrogen and oxygen atoms in total. The monoisotopic (exact) mass is 420 g/mol. The lowest BCUT2D eigenvalue weighted by molar-refractivity contribution is 0.164. The van der Waals surface area contributed by atoms with Crippen molar-refractivity contribution >= 4 is 0 Å². The third kappa shape index (κ3) is 5.73. The molecule has 31 heavy (non-hydrogen) atoms. The largest absolute Gasteiger partial charge is 0.489 e. The van der Waals surface area contributed by atoms with Crippen LogP contribution in [0.3, 0.4) is 0 Å². The summed E-state index contributed by atoms with van der Waals surface area (Å²) in [5.74, 6) is 0.807. The van der Waals surface area contributed by atoms with Gasteiger partial charge in [-0.25, -0.2) is 0 Å². The van der Waals surface area contributed by atoms with Gasteiger partial charge in [-0.1, -0.05) is 68.3 Å². The predicted molar refractivity (Wildman–Crippen MR) is 124 cm³/mol. The SMILES string of the molecule is CCCCC(O)c1ccc(-c2cccc(OCc3ccc(CO)c(CO)c3)c2C)cc1. The molecular weight excluding hydrogens is 388 g/mol. The molecule has 0 aliphatic heterocycles. The first kappa shape index (κ1) is 23.0. The van der Waals surface area contributed by atoms with E-state index in [1.807, 2.05) is 49.4 Å². The van der Waals surface area contributed by atoms with Crippen molar-refractivity contribution in [3.8, 4) is 16.9 Å². The molecule has 1 unspecified atom stereocenters. The lowest BCUT2D eigenvalue weighted by Crippen LogP contribution is -2.01. The Bertz CT molecular complexity index is 979. The van der Waals surface area contributed by atoms with Crippen LogP contribution in [-0.2, 0) is 19.8 Å². The zero-order chi connectivity index (χ0) is 22.2. The predicted octanol–water partition coefficient (Wildman–Crippen LogP) is 5.45. The maximum absolute atomic E-state index is 10.3. The van der Waals surface area contributed by atoms with E-state index in [4.69, 9.17) is 4.74 Å². The van der Waals surface area contributed by atoms with E-state index in [0.29, 0.717) is 6.61 Å². The highest BCUT2D eigenvalue weighted by atomic mass is 16.5. The minimum Gasteiger partial charge on any atom is -0.489 e. The van der Waals surface area contributed by atoms with Crippen LogP contribution in [0.15, 0.2) is 60.7 Å². The molecule has 164 valence electrons. The van der Waals surface area contributed by atoms with Gasteiger partial charge in [-0.2, -0.15) is 0 Å². The minimum atomic E-state index is -0.411. The fraction of sp³-hybridized carbons (Fsp3) is 0.333. The molecule has 0 aliphatic carbocycles. The van der Waals surface area contributed by atoms with Crippen LogP contribution in [0.4, 0.5) is 0 Å². The lowest BCUT2D eigenvalue weighted by atomic mass is 9.96. The molecule has 1 atom stereocenters. The fourth-order valence-electron chi connectivity index (χ4n) is 3.76. The van der Waals surface area contributed by atoms with Gasteiger partial charge in [0.05, 0.1) is 19.3 Å². The number of unbranched alkanes of at least 4 members (excludes halogenated alkanes) is 1. The van der Waals surface area contributed by atoms with E-state index in [-0.39, 0.29) is 13.2 Å². The van der Waals surface area contributed by atoms with Gasteiger partial charge in [-0.15, -0.1) is 0 Å². The maximum Gasteiger partial charge on any atom is 0.123 e. The Hall–Kier alpha value is -2.66. The molecule has 0 aromatic heterocycles. The summed E-state index contributed by atoms with van der Waals surface area (Å²) >= 11 is 0. The van der Waals surface area contributed by atoms with Crippen molar-refractivity contribution in [2.75, 3.05) is 0 Å². The molecule has 0 bridgehead atoms. The smallest absolute Gasteiger partial charge is 0.123 e. The molecule has 3 N–H and O–H groups in total. The maximum atomic E-state index is 10.3. The van der Waals surface area contributed by atoms with Crippen molar-refractivity contribution in [1.29, 1.82) is 0 Å². The summed E-state index contributed by atoms with van der Waals surface area (Å²) < 4.78 is 6.08. The van der Waals surface area contributed by atoms with Crippen molar-refractivity contribution < 1.29 is 20.1 Å². The number of hydrogen-bond acceptors (Lipinski definition) is 4. The van der Waals surface area contributed by atoms with E-state index in [9.17, 15) is 15.3 Å². The standard InChI is InChI=1S/C27H32O4/c1-3-4-7-26(30)22-13-11-21(12-14-22)25-6-5-8-27(19(25)2)31-18-20-9-10-23(16-28)24(15-20)17-29/h5-6,8-15,26,28-30H,3-4,7,16-18H2,1-2H3. The van der Waals surface area contributed by atoms with Crippen LogP contribution >= 0.6 is 0 Å². The zero-order valence-electron chi connectivity index (χ0n) is 18.3. The lowest BCUT2D eigenvalue weighted by Gasteiger charge is -2.15. The van der Waals surface area contributed by atoms with Crippen LogP contribution in [-0.4, -0.2) is 15.3 Å². The minimum absolute atomic E-state index is 0.0907. The highest BCUT2D eigenvalue weighted by Crippen LogP contribution is 2.32. The fourth-order valence-corrected chi connectivity index (χ4v) is 3.76. The second-order valence-electron chi connectivity index (χ2n) is 7.92. The molecule has 0 radical (unpaired) electrons. The summed E-state index contributed by atoms with van der Waals surface area (Å²) in [4.78, 5) is 0. The van der Waals surface area contributed by atoms with Crippen molar-refractivity contribution in [3.63, 3.8) is 0 Å². The van der Waals surface area contributed by atoms with E-state index in [1.165, 1.54) is 0 Å². The molecule has 0 heterocycles. The van der Waals surface area contributed by atoms with Gasteiger partial charge in [-0.05, 0) is 64.4 Å². The molecule has 0 amide bonds. The molecule has 0 saturated carbocycles. The number of aliphatic hydroxyl groups is 3. The summed E-state index contributed by atoms with van der Waals surface area (Å²) in [5.41, 5.74) is 6.58. The third-order valence-electron chi connectivity index (χ3n) is 5.73. The third-order valence-corrected chi connectivity index (χ3v) is 5.73. The van der Waals surface area contributed by atoms with Crippen LogP contribution in [0.1, 0.15) is 60.1 Å². The van der Waals surface area contributed by atoms with Gasteiger partial charge < -0.3 is 20.1 Å². The Balaban J connectivity index is 1.74. The Morgan fingerprint density at radius 1 is 0.903 bits per heavy atom. The van der Waals surface area contributed by atoms with Crippen molar-refractivity contribution in [1.82, 2.24) is 0 Å². The number of aliphatic hydroxyl groups excluding tert-OH is 3. The molecule has 0 aliphatic rings. The first-order valence-corrected chi connectivity index (χ1v) is 10.9. The molecule has 0 saturated heterocycles. The summed E-state index contributed by atoms with van der Waals surface area (Å²) in [6.07, 6.45) is 2.47. The van der Waals surface area contributed by atoms with Gasteiger partial charge in [-0.3, -0.25) is 0 Å². The number of rotatable bonds is 10. The molecular formula is C27H32O4.